The highest BCUT2D eigenvalue weighted by Gasteiger charge is 2.21. The van der Waals surface area contributed by atoms with Gasteiger partial charge in [-0.3, -0.25) is 19.9 Å². The Labute approximate surface area is 288 Å². The van der Waals surface area contributed by atoms with Gasteiger partial charge in [0.25, 0.3) is 0 Å². The Morgan fingerprint density at radius 1 is 0.471 bits per heavy atom. The minimum Gasteiger partial charge on any atom is -0.437 e. The summed E-state index contributed by atoms with van der Waals surface area (Å²) in [6, 6.07) is 32.4. The van der Waals surface area contributed by atoms with Crippen molar-refractivity contribution in [3.63, 3.8) is 0 Å². The third kappa shape index (κ3) is 4.07. The van der Waals surface area contributed by atoms with Crippen LogP contribution in [0.4, 0.5) is 0 Å². The van der Waals surface area contributed by atoms with Crippen molar-refractivity contribution in [1.82, 2.24) is 44.0 Å². The van der Waals surface area contributed by atoms with Gasteiger partial charge in [-0.05, 0) is 97.1 Å². The van der Waals surface area contributed by atoms with Gasteiger partial charge in [-0.2, -0.15) is 0 Å². The van der Waals surface area contributed by atoms with E-state index in [0.29, 0.717) is 11.3 Å². The maximum atomic E-state index is 6.46. The van der Waals surface area contributed by atoms with E-state index >= 15 is 0 Å². The first-order valence-electron chi connectivity index (χ1n) is 16.5. The van der Waals surface area contributed by atoms with E-state index in [0.717, 1.165) is 88.8 Å². The predicted octanol–water partition coefficient (Wildman–Crippen LogP) is 8.88. The largest absolute Gasteiger partial charge is 0.437 e. The molecule has 0 N–H and O–H groups in total. The number of hydrogen-bond donors (Lipinski definition) is 0. The van der Waals surface area contributed by atoms with Crippen LogP contribution in [-0.2, 0) is 0 Å². The highest BCUT2D eigenvalue weighted by atomic mass is 16.3. The van der Waals surface area contributed by atoms with Crippen molar-refractivity contribution < 1.29 is 4.42 Å². The summed E-state index contributed by atoms with van der Waals surface area (Å²) < 4.78 is 10.8. The molecule has 0 saturated carbocycles. The highest BCUT2D eigenvalue weighted by Crippen LogP contribution is 2.40. The van der Waals surface area contributed by atoms with E-state index in [2.05, 4.69) is 66.6 Å². The summed E-state index contributed by atoms with van der Waals surface area (Å²) in [4.78, 5) is 33.4. The second kappa shape index (κ2) is 10.6. The zero-order valence-electron chi connectivity index (χ0n) is 26.7. The third-order valence-electron chi connectivity index (χ3n) is 9.46. The summed E-state index contributed by atoms with van der Waals surface area (Å²) in [5.41, 5.74) is 13.5. The van der Waals surface area contributed by atoms with Crippen LogP contribution in [0.3, 0.4) is 0 Å². The molecule has 0 amide bonds. The Bertz CT molecular complexity index is 3150. The number of aromatic nitrogens is 9. The molecule has 0 unspecified atom stereocenters. The second-order valence-electron chi connectivity index (χ2n) is 12.3. The van der Waals surface area contributed by atoms with Gasteiger partial charge < -0.3 is 13.6 Å². The molecule has 0 saturated heterocycles. The van der Waals surface area contributed by atoms with Crippen LogP contribution in [0.1, 0.15) is 0 Å². The molecule has 0 atom stereocenters. The van der Waals surface area contributed by atoms with E-state index in [1.165, 1.54) is 0 Å². The fourth-order valence-electron chi connectivity index (χ4n) is 7.28. The summed E-state index contributed by atoms with van der Waals surface area (Å²) in [5, 5.41) is 1.85. The SMILES string of the molecule is c1cncc(-n2c3cccnc3c3nc(-c4cc(-c5ccc6c(n5)c5ncccc5n6-c5cccnc5)c5oc6ncccc6c5c4)ccc32)c1. The van der Waals surface area contributed by atoms with Crippen molar-refractivity contribution in [2.45, 2.75) is 0 Å². The number of benzene rings is 1. The Balaban J connectivity index is 1.17. The van der Waals surface area contributed by atoms with Crippen molar-refractivity contribution in [2.75, 3.05) is 0 Å². The molecule has 0 aliphatic carbocycles. The van der Waals surface area contributed by atoms with Gasteiger partial charge in [-0.15, -0.1) is 0 Å². The van der Waals surface area contributed by atoms with Crippen LogP contribution in [0.15, 0.2) is 145 Å². The van der Waals surface area contributed by atoms with Crippen molar-refractivity contribution >= 4 is 66.2 Å². The summed E-state index contributed by atoms with van der Waals surface area (Å²) >= 11 is 0. The first-order valence-corrected chi connectivity index (χ1v) is 16.5. The molecule has 10 heteroatoms. The van der Waals surface area contributed by atoms with Crippen molar-refractivity contribution in [3.05, 3.63) is 140 Å². The Morgan fingerprint density at radius 2 is 1.04 bits per heavy atom. The minimum absolute atomic E-state index is 0.564. The zero-order chi connectivity index (χ0) is 33.5. The van der Waals surface area contributed by atoms with Gasteiger partial charge in [0.05, 0.1) is 57.2 Å². The Hall–Kier alpha value is -7.33. The number of hydrogen-bond acceptors (Lipinski definition) is 8. The van der Waals surface area contributed by atoms with E-state index in [9.17, 15) is 0 Å². The fourth-order valence-corrected chi connectivity index (χ4v) is 7.28. The zero-order valence-corrected chi connectivity index (χ0v) is 26.7. The van der Waals surface area contributed by atoms with Gasteiger partial charge in [0.1, 0.15) is 27.6 Å². The van der Waals surface area contributed by atoms with Crippen LogP contribution in [-0.4, -0.2) is 44.0 Å². The summed E-state index contributed by atoms with van der Waals surface area (Å²) in [6.07, 6.45) is 12.6. The molecule has 0 bridgehead atoms. The van der Waals surface area contributed by atoms with E-state index < -0.39 is 0 Å². The lowest BCUT2D eigenvalue weighted by Gasteiger charge is -2.09. The predicted molar refractivity (Wildman–Crippen MR) is 198 cm³/mol. The van der Waals surface area contributed by atoms with Crippen LogP contribution < -0.4 is 0 Å². The molecule has 238 valence electrons. The summed E-state index contributed by atoms with van der Waals surface area (Å²) in [7, 11) is 0. The maximum absolute atomic E-state index is 6.46. The molecule has 10 heterocycles. The molecule has 0 aliphatic heterocycles. The van der Waals surface area contributed by atoms with Crippen molar-refractivity contribution in [2.24, 2.45) is 0 Å². The van der Waals surface area contributed by atoms with Gasteiger partial charge in [0.2, 0.25) is 5.71 Å². The topological polar surface area (TPSA) is 113 Å². The lowest BCUT2D eigenvalue weighted by atomic mass is 10.00. The molecular formula is C41H23N9O. The lowest BCUT2D eigenvalue weighted by Crippen LogP contribution is -1.95. The summed E-state index contributed by atoms with van der Waals surface area (Å²) in [5.74, 6) is 0. The first kappa shape index (κ1) is 27.6. The summed E-state index contributed by atoms with van der Waals surface area (Å²) in [6.45, 7) is 0. The minimum atomic E-state index is 0.564. The molecule has 11 aromatic rings. The lowest BCUT2D eigenvalue weighted by molar-refractivity contribution is 0.655. The van der Waals surface area contributed by atoms with Crippen LogP contribution in [0.2, 0.25) is 0 Å². The van der Waals surface area contributed by atoms with E-state index in [4.69, 9.17) is 24.4 Å². The number of nitrogens with zero attached hydrogens (tertiary/aromatic N) is 9. The molecule has 10 aromatic heterocycles. The fraction of sp³-hybridized carbons (Fsp3) is 0. The molecule has 11 rings (SSSR count). The highest BCUT2D eigenvalue weighted by molar-refractivity contribution is 6.12. The molecule has 10 nitrogen and oxygen atoms in total. The average Bonchev–Trinajstić information content (AvgIpc) is 3.85. The van der Waals surface area contributed by atoms with Gasteiger partial charge in [-0.1, -0.05) is 0 Å². The van der Waals surface area contributed by atoms with Gasteiger partial charge in [0, 0.05) is 52.9 Å². The van der Waals surface area contributed by atoms with E-state index in [1.54, 1.807) is 31.0 Å². The smallest absolute Gasteiger partial charge is 0.227 e. The molecule has 0 radical (unpaired) electrons. The van der Waals surface area contributed by atoms with Crippen LogP contribution in [0.25, 0.3) is 100 Å². The molecule has 1 aromatic carbocycles. The third-order valence-corrected chi connectivity index (χ3v) is 9.46. The van der Waals surface area contributed by atoms with Gasteiger partial charge in [0.15, 0.2) is 0 Å². The quantitative estimate of drug-likeness (QED) is 0.184. The second-order valence-corrected chi connectivity index (χ2v) is 12.3. The van der Waals surface area contributed by atoms with Crippen molar-refractivity contribution in [3.8, 4) is 33.9 Å². The van der Waals surface area contributed by atoms with Gasteiger partial charge in [-0.25, -0.2) is 15.0 Å². The first-order chi connectivity index (χ1) is 25.3. The standard InChI is InChI=1S/C41H23N9O/c1-6-25(22-42-15-1)49-32-9-4-17-44-36(32)38-34(49)13-11-30(47-38)24-20-28-27-8-3-19-46-41(27)51-40(28)29(21-24)31-12-14-35-39(48-31)37-33(10-5-18-45-37)50(35)26-7-2-16-43-23-26/h1-23H. The monoisotopic (exact) mass is 657 g/mol. The van der Waals surface area contributed by atoms with E-state index in [-0.39, 0.29) is 0 Å². The van der Waals surface area contributed by atoms with Crippen LogP contribution >= 0.6 is 0 Å². The van der Waals surface area contributed by atoms with E-state index in [1.807, 2.05) is 67.0 Å². The Kier molecular flexibility index (Phi) is 5.73. The molecule has 0 aliphatic rings. The number of rotatable bonds is 4. The Morgan fingerprint density at radius 3 is 1.69 bits per heavy atom. The average molecular weight is 658 g/mol. The normalized spacial score (nSPS) is 11.9. The number of fused-ring (bicyclic) bond motifs is 9. The maximum Gasteiger partial charge on any atom is 0.227 e. The van der Waals surface area contributed by atoms with Crippen LogP contribution in [0.5, 0.6) is 0 Å². The molecular weight excluding hydrogens is 635 g/mol. The number of pyridine rings is 7. The van der Waals surface area contributed by atoms with Gasteiger partial charge >= 0.3 is 0 Å². The molecule has 0 fully saturated rings. The molecule has 51 heavy (non-hydrogen) atoms. The van der Waals surface area contributed by atoms with Crippen LogP contribution in [0, 0.1) is 0 Å². The number of furan rings is 1. The molecule has 0 spiro atoms. The van der Waals surface area contributed by atoms with Crippen molar-refractivity contribution in [1.29, 1.82) is 0 Å².